The van der Waals surface area contributed by atoms with Crippen LogP contribution in [0.4, 0.5) is 4.39 Å². The summed E-state index contributed by atoms with van der Waals surface area (Å²) in [6.45, 7) is 0. The van der Waals surface area contributed by atoms with Gasteiger partial charge < -0.3 is 0 Å². The van der Waals surface area contributed by atoms with Crippen molar-refractivity contribution in [3.63, 3.8) is 0 Å². The van der Waals surface area contributed by atoms with Gasteiger partial charge in [0.15, 0.2) is 5.82 Å². The largest absolute Gasteiger partial charge is 0.285 e. The van der Waals surface area contributed by atoms with Gasteiger partial charge in [-0.05, 0) is 12.1 Å². The molecule has 1 radical (unpaired) electrons. The van der Waals surface area contributed by atoms with Crippen molar-refractivity contribution in [3.05, 3.63) is 28.0 Å². The van der Waals surface area contributed by atoms with E-state index in [2.05, 4.69) is 0 Å². The van der Waals surface area contributed by atoms with Gasteiger partial charge in [0.05, 0.1) is 5.02 Å². The zero-order valence-corrected chi connectivity index (χ0v) is 6.21. The zero-order valence-electron chi connectivity index (χ0n) is 4.70. The lowest BCUT2D eigenvalue weighted by Crippen LogP contribution is -1.75. The van der Waals surface area contributed by atoms with Gasteiger partial charge in [-0.2, -0.15) is 0 Å². The molecule has 0 aromatic heterocycles. The first-order chi connectivity index (χ1) is 4.63. The van der Waals surface area contributed by atoms with Crippen molar-refractivity contribution in [1.29, 1.82) is 0 Å². The van der Waals surface area contributed by atoms with E-state index in [9.17, 15) is 9.50 Å². The van der Waals surface area contributed by atoms with Gasteiger partial charge in [0.1, 0.15) is 5.02 Å². The number of benzene rings is 1. The molecule has 0 unspecified atom stereocenters. The summed E-state index contributed by atoms with van der Waals surface area (Å²) >= 11 is 10.7. The molecule has 0 aliphatic heterocycles. The third-order valence-electron chi connectivity index (χ3n) is 1.00. The number of rotatable bonds is 0. The molecule has 0 aliphatic carbocycles. The standard InChI is InChI=1S/C6H2Cl2FO/c7-3-1-2-4(9)6(10)5(3)8/h1-2H. The summed E-state index contributed by atoms with van der Waals surface area (Å²) in [6.07, 6.45) is 0. The van der Waals surface area contributed by atoms with Crippen LogP contribution in [-0.2, 0) is 5.11 Å². The van der Waals surface area contributed by atoms with Crippen molar-refractivity contribution < 1.29 is 9.50 Å². The number of hydrogen-bond acceptors (Lipinski definition) is 0. The van der Waals surface area contributed by atoms with Crippen molar-refractivity contribution in [3.8, 4) is 5.75 Å². The van der Waals surface area contributed by atoms with Crippen LogP contribution in [0.2, 0.25) is 10.0 Å². The second-order valence-corrected chi connectivity index (χ2v) is 2.46. The SMILES string of the molecule is [O]c1c(F)ccc(Cl)c1Cl. The summed E-state index contributed by atoms with van der Waals surface area (Å²) < 4.78 is 12.3. The van der Waals surface area contributed by atoms with Crippen LogP contribution in [0.25, 0.3) is 0 Å². The first-order valence-corrected chi connectivity index (χ1v) is 3.19. The first kappa shape index (κ1) is 7.63. The monoisotopic (exact) mass is 179 g/mol. The average molecular weight is 180 g/mol. The lowest BCUT2D eigenvalue weighted by molar-refractivity contribution is 0.330. The van der Waals surface area contributed by atoms with E-state index in [1.807, 2.05) is 0 Å². The van der Waals surface area contributed by atoms with Crippen molar-refractivity contribution in [2.75, 3.05) is 0 Å². The van der Waals surface area contributed by atoms with E-state index in [0.717, 1.165) is 6.07 Å². The summed E-state index contributed by atoms with van der Waals surface area (Å²) in [5.41, 5.74) is 0. The molecule has 1 rings (SSSR count). The number of hydrogen-bond donors (Lipinski definition) is 0. The second kappa shape index (κ2) is 2.64. The Hall–Kier alpha value is -0.470. The molecular weight excluding hydrogens is 178 g/mol. The van der Waals surface area contributed by atoms with Crippen LogP contribution in [0.1, 0.15) is 0 Å². The van der Waals surface area contributed by atoms with Crippen LogP contribution < -0.4 is 0 Å². The van der Waals surface area contributed by atoms with Crippen LogP contribution in [0.15, 0.2) is 12.1 Å². The highest BCUT2D eigenvalue weighted by Gasteiger charge is 2.10. The van der Waals surface area contributed by atoms with Gasteiger partial charge in [0.2, 0.25) is 5.75 Å². The molecule has 0 saturated heterocycles. The highest BCUT2D eigenvalue weighted by molar-refractivity contribution is 6.42. The van der Waals surface area contributed by atoms with Gasteiger partial charge in [-0.1, -0.05) is 23.2 Å². The molecule has 0 saturated carbocycles. The Morgan fingerprint density at radius 1 is 1.30 bits per heavy atom. The zero-order chi connectivity index (χ0) is 7.72. The minimum absolute atomic E-state index is 0.0769. The smallest absolute Gasteiger partial charge is 0.234 e. The molecule has 53 valence electrons. The Morgan fingerprint density at radius 2 is 1.90 bits per heavy atom. The maximum absolute atomic E-state index is 12.3. The second-order valence-electron chi connectivity index (χ2n) is 1.67. The molecule has 0 heterocycles. The van der Waals surface area contributed by atoms with E-state index in [-0.39, 0.29) is 10.0 Å². The predicted octanol–water partition coefficient (Wildman–Crippen LogP) is 3.28. The van der Waals surface area contributed by atoms with E-state index in [1.165, 1.54) is 6.07 Å². The fourth-order valence-corrected chi connectivity index (χ4v) is 0.811. The predicted molar refractivity (Wildman–Crippen MR) is 36.6 cm³/mol. The van der Waals surface area contributed by atoms with E-state index in [4.69, 9.17) is 23.2 Å². The van der Waals surface area contributed by atoms with Crippen molar-refractivity contribution in [1.82, 2.24) is 0 Å². The topological polar surface area (TPSA) is 19.9 Å². The van der Waals surface area contributed by atoms with Gasteiger partial charge in [0, 0.05) is 0 Å². The maximum Gasteiger partial charge on any atom is 0.234 e. The molecule has 0 atom stereocenters. The van der Waals surface area contributed by atoms with E-state index in [1.54, 1.807) is 0 Å². The van der Waals surface area contributed by atoms with Crippen molar-refractivity contribution in [2.45, 2.75) is 0 Å². The lowest BCUT2D eigenvalue weighted by atomic mass is 10.3. The van der Waals surface area contributed by atoms with Gasteiger partial charge in [-0.25, -0.2) is 4.39 Å². The third kappa shape index (κ3) is 1.18. The summed E-state index contributed by atoms with van der Waals surface area (Å²) in [7, 11) is 0. The molecule has 0 bridgehead atoms. The van der Waals surface area contributed by atoms with Gasteiger partial charge in [-0.3, -0.25) is 5.11 Å². The molecule has 0 fully saturated rings. The number of halogens is 3. The molecule has 1 aromatic rings. The van der Waals surface area contributed by atoms with Crippen LogP contribution in [-0.4, -0.2) is 0 Å². The third-order valence-corrected chi connectivity index (χ3v) is 1.79. The van der Waals surface area contributed by atoms with Crippen LogP contribution in [0, 0.1) is 5.82 Å². The molecule has 0 aliphatic rings. The lowest BCUT2D eigenvalue weighted by Gasteiger charge is -1.95. The molecule has 10 heavy (non-hydrogen) atoms. The molecule has 0 spiro atoms. The Bertz CT molecular complexity index is 235. The molecular formula is C6H2Cl2FO. The Kier molecular flexibility index (Phi) is 2.02. The molecule has 1 nitrogen and oxygen atoms in total. The van der Waals surface area contributed by atoms with Gasteiger partial charge in [0.25, 0.3) is 0 Å². The molecule has 0 amide bonds. The minimum atomic E-state index is -0.880. The summed E-state index contributed by atoms with van der Waals surface area (Å²) in [4.78, 5) is 0. The van der Waals surface area contributed by atoms with Crippen LogP contribution >= 0.6 is 23.2 Å². The molecule has 1 aromatic carbocycles. The average Bonchev–Trinajstić information content (AvgIpc) is 1.93. The van der Waals surface area contributed by atoms with E-state index < -0.39 is 11.6 Å². The van der Waals surface area contributed by atoms with Gasteiger partial charge in [-0.15, -0.1) is 0 Å². The minimum Gasteiger partial charge on any atom is -0.285 e. The highest BCUT2D eigenvalue weighted by Crippen LogP contribution is 2.33. The summed E-state index contributed by atoms with van der Waals surface area (Å²) in [5, 5.41) is 10.4. The maximum atomic E-state index is 12.3. The first-order valence-electron chi connectivity index (χ1n) is 2.43. The van der Waals surface area contributed by atoms with Crippen LogP contribution in [0.3, 0.4) is 0 Å². The Morgan fingerprint density at radius 3 is 2.40 bits per heavy atom. The normalized spacial score (nSPS) is 9.90. The van der Waals surface area contributed by atoms with E-state index in [0.29, 0.717) is 0 Å². The quantitative estimate of drug-likeness (QED) is 0.546. The molecule has 0 N–H and O–H groups in total. The highest BCUT2D eigenvalue weighted by atomic mass is 35.5. The van der Waals surface area contributed by atoms with E-state index >= 15 is 0 Å². The summed E-state index contributed by atoms with van der Waals surface area (Å²) in [5.74, 6) is -1.73. The van der Waals surface area contributed by atoms with Crippen molar-refractivity contribution >= 4 is 23.2 Å². The van der Waals surface area contributed by atoms with Crippen molar-refractivity contribution in [2.24, 2.45) is 0 Å². The summed E-state index contributed by atoms with van der Waals surface area (Å²) in [6, 6.07) is 2.22. The van der Waals surface area contributed by atoms with Crippen LogP contribution in [0.5, 0.6) is 5.75 Å². The Labute approximate surface area is 67.0 Å². The fourth-order valence-electron chi connectivity index (χ4n) is 0.508. The van der Waals surface area contributed by atoms with Gasteiger partial charge >= 0.3 is 0 Å². The Balaban J connectivity index is 3.34. The fraction of sp³-hybridized carbons (Fsp3) is 0. The molecule has 4 heteroatoms.